The molecule has 1 aromatic carbocycles. The maximum absolute atomic E-state index is 5.81. The van der Waals surface area contributed by atoms with Crippen molar-refractivity contribution in [3.8, 4) is 0 Å². The summed E-state index contributed by atoms with van der Waals surface area (Å²) in [5, 5.41) is 8.91. The van der Waals surface area contributed by atoms with E-state index in [1.54, 1.807) is 0 Å². The summed E-state index contributed by atoms with van der Waals surface area (Å²) in [6, 6.07) is 10.4. The maximum atomic E-state index is 5.81. The lowest BCUT2D eigenvalue weighted by atomic mass is 10.1. The molecule has 0 aliphatic rings. The van der Waals surface area contributed by atoms with Gasteiger partial charge in [-0.25, -0.2) is 0 Å². The summed E-state index contributed by atoms with van der Waals surface area (Å²) in [4.78, 5) is 0. The van der Waals surface area contributed by atoms with Crippen LogP contribution in [0.25, 0.3) is 11.0 Å². The SMILES string of the molecule is Cc1c(C(C)NCc2cc3ccccc3o2)cnn1C.Cl. The first-order chi connectivity index (χ1) is 9.65. The average molecular weight is 306 g/mol. The molecule has 112 valence electrons. The summed E-state index contributed by atoms with van der Waals surface area (Å²) in [5.74, 6) is 0.958. The van der Waals surface area contributed by atoms with E-state index in [4.69, 9.17) is 4.42 Å². The molecule has 1 atom stereocenters. The predicted octanol–water partition coefficient (Wildman–Crippen LogP) is 3.75. The van der Waals surface area contributed by atoms with Crippen LogP contribution < -0.4 is 5.32 Å². The van der Waals surface area contributed by atoms with Crippen molar-refractivity contribution in [2.75, 3.05) is 0 Å². The largest absolute Gasteiger partial charge is 0.460 e. The van der Waals surface area contributed by atoms with E-state index in [1.165, 1.54) is 11.3 Å². The summed E-state index contributed by atoms with van der Waals surface area (Å²) in [7, 11) is 1.96. The molecule has 0 bridgehead atoms. The summed E-state index contributed by atoms with van der Waals surface area (Å²) < 4.78 is 7.70. The monoisotopic (exact) mass is 305 g/mol. The van der Waals surface area contributed by atoms with Crippen molar-refractivity contribution < 1.29 is 4.42 Å². The lowest BCUT2D eigenvalue weighted by molar-refractivity contribution is 0.481. The fourth-order valence-electron chi connectivity index (χ4n) is 2.43. The van der Waals surface area contributed by atoms with Crippen LogP contribution in [0.4, 0.5) is 0 Å². The highest BCUT2D eigenvalue weighted by Gasteiger charge is 2.12. The van der Waals surface area contributed by atoms with Gasteiger partial charge in [0.1, 0.15) is 11.3 Å². The third-order valence-corrected chi connectivity index (χ3v) is 3.80. The number of para-hydroxylation sites is 1. The van der Waals surface area contributed by atoms with Crippen molar-refractivity contribution in [2.24, 2.45) is 7.05 Å². The number of hydrogen-bond acceptors (Lipinski definition) is 3. The van der Waals surface area contributed by atoms with Gasteiger partial charge >= 0.3 is 0 Å². The number of nitrogens with zero attached hydrogens (tertiary/aromatic N) is 2. The Kier molecular flexibility index (Phi) is 4.70. The molecule has 0 saturated heterocycles. The van der Waals surface area contributed by atoms with Crippen LogP contribution >= 0.6 is 12.4 Å². The number of benzene rings is 1. The Morgan fingerprint density at radius 1 is 1.33 bits per heavy atom. The molecule has 0 aliphatic heterocycles. The minimum Gasteiger partial charge on any atom is -0.460 e. The van der Waals surface area contributed by atoms with Gasteiger partial charge in [-0.3, -0.25) is 4.68 Å². The number of nitrogens with one attached hydrogen (secondary N) is 1. The lowest BCUT2D eigenvalue weighted by Crippen LogP contribution is -2.18. The summed E-state index contributed by atoms with van der Waals surface area (Å²) in [6.45, 7) is 4.94. The molecule has 0 aliphatic carbocycles. The van der Waals surface area contributed by atoms with E-state index in [2.05, 4.69) is 36.4 Å². The van der Waals surface area contributed by atoms with Crippen LogP contribution in [0.3, 0.4) is 0 Å². The second-order valence-electron chi connectivity index (χ2n) is 5.16. The fraction of sp³-hybridized carbons (Fsp3) is 0.312. The summed E-state index contributed by atoms with van der Waals surface area (Å²) >= 11 is 0. The molecular formula is C16H20ClN3O. The fourth-order valence-corrected chi connectivity index (χ4v) is 2.43. The van der Waals surface area contributed by atoms with Crippen LogP contribution in [0.15, 0.2) is 40.9 Å². The Morgan fingerprint density at radius 3 is 2.76 bits per heavy atom. The zero-order valence-corrected chi connectivity index (χ0v) is 13.3. The van der Waals surface area contributed by atoms with Crippen LogP contribution in [0, 0.1) is 6.92 Å². The van der Waals surface area contributed by atoms with Crippen molar-refractivity contribution in [3.63, 3.8) is 0 Å². The molecule has 0 spiro atoms. The van der Waals surface area contributed by atoms with E-state index in [0.717, 1.165) is 16.7 Å². The molecule has 0 fully saturated rings. The minimum absolute atomic E-state index is 0. The molecule has 0 amide bonds. The topological polar surface area (TPSA) is 43.0 Å². The predicted molar refractivity (Wildman–Crippen MR) is 86.7 cm³/mol. The van der Waals surface area contributed by atoms with Crippen molar-refractivity contribution >= 4 is 23.4 Å². The smallest absolute Gasteiger partial charge is 0.134 e. The maximum Gasteiger partial charge on any atom is 0.134 e. The first kappa shape index (κ1) is 15.6. The van der Waals surface area contributed by atoms with Crippen molar-refractivity contribution in [1.29, 1.82) is 0 Å². The molecule has 21 heavy (non-hydrogen) atoms. The molecule has 2 aromatic heterocycles. The molecule has 3 rings (SSSR count). The lowest BCUT2D eigenvalue weighted by Gasteiger charge is -2.12. The number of halogens is 1. The normalized spacial score (nSPS) is 12.3. The number of aromatic nitrogens is 2. The van der Waals surface area contributed by atoms with Gasteiger partial charge in [-0.1, -0.05) is 18.2 Å². The highest BCUT2D eigenvalue weighted by atomic mass is 35.5. The number of fused-ring (bicyclic) bond motifs is 1. The molecule has 2 heterocycles. The second-order valence-corrected chi connectivity index (χ2v) is 5.16. The van der Waals surface area contributed by atoms with Gasteiger partial charge in [0.25, 0.3) is 0 Å². The molecule has 3 aromatic rings. The van der Waals surface area contributed by atoms with E-state index in [9.17, 15) is 0 Å². The number of rotatable bonds is 4. The van der Waals surface area contributed by atoms with Gasteiger partial charge in [-0.15, -0.1) is 12.4 Å². The van der Waals surface area contributed by atoms with Crippen LogP contribution in [0.2, 0.25) is 0 Å². The quantitative estimate of drug-likeness (QED) is 0.798. The van der Waals surface area contributed by atoms with Crippen LogP contribution in [-0.2, 0) is 13.6 Å². The molecule has 0 saturated carbocycles. The van der Waals surface area contributed by atoms with E-state index >= 15 is 0 Å². The standard InChI is InChI=1S/C16H19N3O.ClH/c1-11(15-10-18-19(3)12(15)2)17-9-14-8-13-6-4-5-7-16(13)20-14;/h4-8,10-11,17H,9H2,1-3H3;1H. The molecule has 4 nitrogen and oxygen atoms in total. The molecule has 0 radical (unpaired) electrons. The average Bonchev–Trinajstić information content (AvgIpc) is 3.00. The molecule has 1 N–H and O–H groups in total. The summed E-state index contributed by atoms with van der Waals surface area (Å²) in [6.07, 6.45) is 1.92. The van der Waals surface area contributed by atoms with Crippen LogP contribution in [-0.4, -0.2) is 9.78 Å². The van der Waals surface area contributed by atoms with Gasteiger partial charge in [0.05, 0.1) is 12.7 Å². The first-order valence-corrected chi connectivity index (χ1v) is 6.84. The van der Waals surface area contributed by atoms with Crippen molar-refractivity contribution in [2.45, 2.75) is 26.4 Å². The van der Waals surface area contributed by atoms with Gasteiger partial charge in [-0.2, -0.15) is 5.10 Å². The number of aryl methyl sites for hydroxylation is 1. The van der Waals surface area contributed by atoms with Gasteiger partial charge in [0.2, 0.25) is 0 Å². The van der Waals surface area contributed by atoms with Gasteiger partial charge in [-0.05, 0) is 26.0 Å². The highest BCUT2D eigenvalue weighted by molar-refractivity contribution is 5.85. The highest BCUT2D eigenvalue weighted by Crippen LogP contribution is 2.20. The van der Waals surface area contributed by atoms with E-state index in [-0.39, 0.29) is 18.4 Å². The zero-order chi connectivity index (χ0) is 14.1. The number of hydrogen-bond donors (Lipinski definition) is 1. The molecular weight excluding hydrogens is 286 g/mol. The Balaban J connectivity index is 0.00000161. The summed E-state index contributed by atoms with van der Waals surface area (Å²) in [5.41, 5.74) is 3.35. The van der Waals surface area contributed by atoms with E-state index < -0.39 is 0 Å². The minimum atomic E-state index is 0. The third kappa shape index (κ3) is 3.12. The van der Waals surface area contributed by atoms with Gasteiger partial charge in [0.15, 0.2) is 0 Å². The molecule has 1 unspecified atom stereocenters. The van der Waals surface area contributed by atoms with Crippen LogP contribution in [0.1, 0.15) is 30.0 Å². The first-order valence-electron chi connectivity index (χ1n) is 6.84. The number of furan rings is 1. The van der Waals surface area contributed by atoms with E-state index in [0.29, 0.717) is 6.54 Å². The third-order valence-electron chi connectivity index (χ3n) is 3.80. The molecule has 5 heteroatoms. The van der Waals surface area contributed by atoms with Crippen LogP contribution in [0.5, 0.6) is 0 Å². The van der Waals surface area contributed by atoms with E-state index in [1.807, 2.05) is 36.1 Å². The Bertz CT molecular complexity index is 699. The van der Waals surface area contributed by atoms with Crippen molar-refractivity contribution in [1.82, 2.24) is 15.1 Å². The van der Waals surface area contributed by atoms with Gasteiger partial charge < -0.3 is 9.73 Å². The Hall–Kier alpha value is -1.78. The zero-order valence-electron chi connectivity index (χ0n) is 12.5. The Morgan fingerprint density at radius 2 is 2.10 bits per heavy atom. The second kappa shape index (κ2) is 6.33. The van der Waals surface area contributed by atoms with Gasteiger partial charge in [0, 0.05) is 29.7 Å². The Labute approximate surface area is 130 Å². The van der Waals surface area contributed by atoms with Crippen molar-refractivity contribution in [3.05, 3.63) is 53.5 Å².